The molecule has 6 nitrogen and oxygen atoms in total. The molecule has 1 aliphatic rings. The molecular formula is C18H21N3O3. The minimum absolute atomic E-state index is 0.0196. The standard InChI is InChI=1S/C18H21N3O3/c1-12(2)13-3-5-16(6-4-13)21-11-14(9-17(21)22)18(23)19-10-15-7-8-24-20-15/h3-8,12,14H,9-11H2,1-2H3,(H,19,23)/t14-/m1/s1. The van der Waals surface area contributed by atoms with Crippen molar-refractivity contribution in [3.8, 4) is 0 Å². The van der Waals surface area contributed by atoms with E-state index in [9.17, 15) is 9.59 Å². The fourth-order valence-electron chi connectivity index (χ4n) is 2.82. The van der Waals surface area contributed by atoms with E-state index in [2.05, 4.69) is 24.3 Å². The molecule has 6 heteroatoms. The number of benzene rings is 1. The molecule has 1 atom stereocenters. The Labute approximate surface area is 140 Å². The summed E-state index contributed by atoms with van der Waals surface area (Å²) in [5.41, 5.74) is 2.73. The van der Waals surface area contributed by atoms with Crippen molar-refractivity contribution in [2.45, 2.75) is 32.7 Å². The van der Waals surface area contributed by atoms with Crippen molar-refractivity contribution in [3.05, 3.63) is 47.9 Å². The smallest absolute Gasteiger partial charge is 0.227 e. The molecule has 1 aromatic heterocycles. The molecule has 2 amide bonds. The van der Waals surface area contributed by atoms with Gasteiger partial charge in [0.25, 0.3) is 0 Å². The van der Waals surface area contributed by atoms with Crippen molar-refractivity contribution in [3.63, 3.8) is 0 Å². The lowest BCUT2D eigenvalue weighted by molar-refractivity contribution is -0.126. The summed E-state index contributed by atoms with van der Waals surface area (Å²) in [6.45, 7) is 4.98. The summed E-state index contributed by atoms with van der Waals surface area (Å²) in [6.07, 6.45) is 1.69. The number of hydrogen-bond donors (Lipinski definition) is 1. The van der Waals surface area contributed by atoms with Crippen molar-refractivity contribution in [1.82, 2.24) is 10.5 Å². The van der Waals surface area contributed by atoms with Gasteiger partial charge < -0.3 is 14.7 Å². The van der Waals surface area contributed by atoms with Gasteiger partial charge in [-0.3, -0.25) is 9.59 Å². The number of carbonyl (C=O) groups is 2. The van der Waals surface area contributed by atoms with Crippen LogP contribution in [-0.2, 0) is 16.1 Å². The van der Waals surface area contributed by atoms with Crippen LogP contribution in [0.25, 0.3) is 0 Å². The predicted octanol–water partition coefficient (Wildman–Crippen LogP) is 2.47. The number of nitrogens with zero attached hydrogens (tertiary/aromatic N) is 2. The Kier molecular flexibility index (Phi) is 4.64. The second-order valence-corrected chi connectivity index (χ2v) is 6.36. The summed E-state index contributed by atoms with van der Waals surface area (Å²) in [5, 5.41) is 6.55. The van der Waals surface area contributed by atoms with Crippen molar-refractivity contribution in [2.24, 2.45) is 5.92 Å². The number of aromatic nitrogens is 1. The van der Waals surface area contributed by atoms with E-state index in [1.807, 2.05) is 24.3 Å². The Morgan fingerprint density at radius 1 is 1.33 bits per heavy atom. The lowest BCUT2D eigenvalue weighted by Gasteiger charge is -2.17. The second-order valence-electron chi connectivity index (χ2n) is 6.36. The molecule has 3 rings (SSSR count). The molecule has 2 aromatic rings. The molecule has 1 aliphatic heterocycles. The normalized spacial score (nSPS) is 17.5. The van der Waals surface area contributed by atoms with Gasteiger partial charge in [0.2, 0.25) is 11.8 Å². The van der Waals surface area contributed by atoms with Crippen LogP contribution in [0.5, 0.6) is 0 Å². The van der Waals surface area contributed by atoms with Gasteiger partial charge in [0.05, 0.1) is 12.5 Å². The SMILES string of the molecule is CC(C)c1ccc(N2C[C@H](C(=O)NCc3ccon3)CC2=O)cc1. The summed E-state index contributed by atoms with van der Waals surface area (Å²) in [7, 11) is 0. The lowest BCUT2D eigenvalue weighted by atomic mass is 10.0. The van der Waals surface area contributed by atoms with Crippen LogP contribution in [0.3, 0.4) is 0 Å². The third kappa shape index (κ3) is 3.48. The zero-order chi connectivity index (χ0) is 17.1. The number of hydrogen-bond acceptors (Lipinski definition) is 4. The Morgan fingerprint density at radius 3 is 2.71 bits per heavy atom. The minimum atomic E-state index is -0.339. The molecule has 0 saturated carbocycles. The number of anilines is 1. The van der Waals surface area contributed by atoms with E-state index in [-0.39, 0.29) is 24.2 Å². The van der Waals surface area contributed by atoms with Gasteiger partial charge >= 0.3 is 0 Å². The molecule has 0 aliphatic carbocycles. The maximum Gasteiger partial charge on any atom is 0.227 e. The highest BCUT2D eigenvalue weighted by Crippen LogP contribution is 2.27. The summed E-state index contributed by atoms with van der Waals surface area (Å²) >= 11 is 0. The highest BCUT2D eigenvalue weighted by atomic mass is 16.5. The predicted molar refractivity (Wildman–Crippen MR) is 89.3 cm³/mol. The molecule has 1 saturated heterocycles. The summed E-state index contributed by atoms with van der Waals surface area (Å²) < 4.78 is 4.73. The fourth-order valence-corrected chi connectivity index (χ4v) is 2.82. The molecule has 2 heterocycles. The van der Waals surface area contributed by atoms with Crippen molar-refractivity contribution in [1.29, 1.82) is 0 Å². The molecule has 126 valence electrons. The van der Waals surface area contributed by atoms with E-state index in [0.29, 0.717) is 24.7 Å². The van der Waals surface area contributed by atoms with E-state index in [4.69, 9.17) is 4.52 Å². The first-order valence-electron chi connectivity index (χ1n) is 8.12. The van der Waals surface area contributed by atoms with Gasteiger partial charge in [0.1, 0.15) is 12.0 Å². The molecular weight excluding hydrogens is 306 g/mol. The van der Waals surface area contributed by atoms with Crippen molar-refractivity contribution >= 4 is 17.5 Å². The Morgan fingerprint density at radius 2 is 2.08 bits per heavy atom. The molecule has 1 fully saturated rings. The van der Waals surface area contributed by atoms with Gasteiger partial charge in [-0.2, -0.15) is 0 Å². The van der Waals surface area contributed by atoms with Gasteiger partial charge in [-0.1, -0.05) is 31.1 Å². The molecule has 24 heavy (non-hydrogen) atoms. The quantitative estimate of drug-likeness (QED) is 0.915. The molecule has 0 bridgehead atoms. The van der Waals surface area contributed by atoms with Gasteiger partial charge in [0.15, 0.2) is 0 Å². The van der Waals surface area contributed by atoms with Crippen LogP contribution in [0, 0.1) is 5.92 Å². The largest absolute Gasteiger partial charge is 0.364 e. The minimum Gasteiger partial charge on any atom is -0.364 e. The molecule has 0 spiro atoms. The molecule has 1 aromatic carbocycles. The fraction of sp³-hybridized carbons (Fsp3) is 0.389. The first kappa shape index (κ1) is 16.2. The maximum absolute atomic E-state index is 12.3. The Balaban J connectivity index is 1.61. The summed E-state index contributed by atoms with van der Waals surface area (Å²) in [5.74, 6) is -0.0425. The summed E-state index contributed by atoms with van der Waals surface area (Å²) in [6, 6.07) is 9.66. The third-order valence-electron chi connectivity index (χ3n) is 4.30. The molecule has 1 N–H and O–H groups in total. The van der Waals surface area contributed by atoms with Crippen LogP contribution in [0.2, 0.25) is 0 Å². The van der Waals surface area contributed by atoms with E-state index in [1.54, 1.807) is 11.0 Å². The van der Waals surface area contributed by atoms with Crippen LogP contribution < -0.4 is 10.2 Å². The van der Waals surface area contributed by atoms with Gasteiger partial charge in [-0.25, -0.2) is 0 Å². The second kappa shape index (κ2) is 6.86. The monoisotopic (exact) mass is 327 g/mol. The first-order valence-corrected chi connectivity index (χ1v) is 8.12. The van der Waals surface area contributed by atoms with Crippen LogP contribution in [0.15, 0.2) is 41.1 Å². The van der Waals surface area contributed by atoms with Gasteiger partial charge in [0, 0.05) is 24.7 Å². The van der Waals surface area contributed by atoms with E-state index < -0.39 is 0 Å². The van der Waals surface area contributed by atoms with Crippen LogP contribution >= 0.6 is 0 Å². The van der Waals surface area contributed by atoms with E-state index >= 15 is 0 Å². The molecule has 0 unspecified atom stereocenters. The number of carbonyl (C=O) groups excluding carboxylic acids is 2. The zero-order valence-electron chi connectivity index (χ0n) is 13.9. The van der Waals surface area contributed by atoms with Crippen LogP contribution in [0.1, 0.15) is 37.4 Å². The van der Waals surface area contributed by atoms with E-state index in [1.165, 1.54) is 11.8 Å². The Bertz CT molecular complexity index is 708. The highest BCUT2D eigenvalue weighted by molar-refractivity contribution is 6.00. The molecule has 0 radical (unpaired) electrons. The first-order chi connectivity index (χ1) is 11.5. The van der Waals surface area contributed by atoms with Gasteiger partial charge in [-0.05, 0) is 23.6 Å². The Hall–Kier alpha value is -2.63. The van der Waals surface area contributed by atoms with Crippen molar-refractivity contribution in [2.75, 3.05) is 11.4 Å². The number of nitrogens with one attached hydrogen (secondary N) is 1. The van der Waals surface area contributed by atoms with E-state index in [0.717, 1.165) is 5.69 Å². The topological polar surface area (TPSA) is 75.4 Å². The van der Waals surface area contributed by atoms with Crippen LogP contribution in [0.4, 0.5) is 5.69 Å². The number of rotatable bonds is 5. The third-order valence-corrected chi connectivity index (χ3v) is 4.30. The average Bonchev–Trinajstić information content (AvgIpc) is 3.22. The summed E-state index contributed by atoms with van der Waals surface area (Å²) in [4.78, 5) is 26.2. The number of amides is 2. The highest BCUT2D eigenvalue weighted by Gasteiger charge is 2.35. The van der Waals surface area contributed by atoms with Crippen molar-refractivity contribution < 1.29 is 14.1 Å². The van der Waals surface area contributed by atoms with Crippen LogP contribution in [-0.4, -0.2) is 23.5 Å². The zero-order valence-corrected chi connectivity index (χ0v) is 13.9. The average molecular weight is 327 g/mol. The lowest BCUT2D eigenvalue weighted by Crippen LogP contribution is -2.32. The maximum atomic E-state index is 12.3. The van der Waals surface area contributed by atoms with Gasteiger partial charge in [-0.15, -0.1) is 0 Å².